The van der Waals surface area contributed by atoms with Crippen LogP contribution in [0.15, 0.2) is 24.1 Å². The van der Waals surface area contributed by atoms with Crippen LogP contribution in [0.2, 0.25) is 0 Å². The van der Waals surface area contributed by atoms with Crippen molar-refractivity contribution in [2.24, 2.45) is 5.73 Å². The van der Waals surface area contributed by atoms with Crippen LogP contribution < -0.4 is 11.1 Å². The van der Waals surface area contributed by atoms with Crippen molar-refractivity contribution >= 4 is 6.09 Å². The molecule has 0 aliphatic carbocycles. The lowest BCUT2D eigenvalue weighted by molar-refractivity contribution is 0.0900. The van der Waals surface area contributed by atoms with Crippen LogP contribution in [0.5, 0.6) is 0 Å². The third-order valence-electron chi connectivity index (χ3n) is 1.70. The first-order chi connectivity index (χ1) is 6.72. The molecule has 0 spiro atoms. The van der Waals surface area contributed by atoms with Gasteiger partial charge >= 0.3 is 6.09 Å². The molecule has 14 heavy (non-hydrogen) atoms. The van der Waals surface area contributed by atoms with E-state index >= 15 is 0 Å². The zero-order chi connectivity index (χ0) is 10.4. The largest absolute Gasteiger partial charge is 0.497 e. The van der Waals surface area contributed by atoms with Crippen molar-refractivity contribution in [2.75, 3.05) is 6.61 Å². The van der Waals surface area contributed by atoms with Crippen molar-refractivity contribution in [3.63, 3.8) is 0 Å². The molecule has 1 atom stereocenters. The van der Waals surface area contributed by atoms with Gasteiger partial charge in [0.2, 0.25) is 0 Å². The van der Waals surface area contributed by atoms with Crippen LogP contribution >= 0.6 is 0 Å². The van der Waals surface area contributed by atoms with E-state index in [0.29, 0.717) is 13.0 Å². The lowest BCUT2D eigenvalue weighted by atomic mass is 10.3. The lowest BCUT2D eigenvalue weighted by Gasteiger charge is -2.19. The summed E-state index contributed by atoms with van der Waals surface area (Å²) in [4.78, 5) is 10.5. The molecule has 1 unspecified atom stereocenters. The Balaban J connectivity index is 2.43. The van der Waals surface area contributed by atoms with Crippen LogP contribution in [0, 0.1) is 0 Å². The summed E-state index contributed by atoms with van der Waals surface area (Å²) in [6, 6.07) is 0. The van der Waals surface area contributed by atoms with Gasteiger partial charge in [-0.2, -0.15) is 0 Å². The first-order valence-electron chi connectivity index (χ1n) is 4.43. The molecule has 1 amide bonds. The molecule has 1 aliphatic heterocycles. The molecule has 1 rings (SSSR count). The molecule has 5 heteroatoms. The molecule has 1 heterocycles. The number of carbonyl (C=O) groups excluding carboxylic acids is 1. The van der Waals surface area contributed by atoms with E-state index in [1.807, 2.05) is 13.0 Å². The van der Waals surface area contributed by atoms with Crippen molar-refractivity contribution < 1.29 is 14.3 Å². The number of hydrogen-bond acceptors (Lipinski definition) is 4. The molecule has 0 radical (unpaired) electrons. The summed E-state index contributed by atoms with van der Waals surface area (Å²) in [5.41, 5.74) is 5.78. The second-order valence-electron chi connectivity index (χ2n) is 2.77. The predicted octanol–water partition coefficient (Wildman–Crippen LogP) is 0.835. The molecule has 0 fully saturated rings. The average Bonchev–Trinajstić information content (AvgIpc) is 2.17. The van der Waals surface area contributed by atoms with E-state index in [-0.39, 0.29) is 6.23 Å². The number of allylic oxidation sites excluding steroid dienone is 1. The summed E-state index contributed by atoms with van der Waals surface area (Å²) < 4.78 is 9.78. The maximum absolute atomic E-state index is 10.5. The normalized spacial score (nSPS) is 16.5. The summed E-state index contributed by atoms with van der Waals surface area (Å²) in [5, 5.41) is 3.01. The fourth-order valence-corrected chi connectivity index (χ4v) is 1.03. The topological polar surface area (TPSA) is 73.6 Å². The number of nitrogens with one attached hydrogen (secondary N) is 1. The summed E-state index contributed by atoms with van der Waals surface area (Å²) >= 11 is 0. The van der Waals surface area contributed by atoms with Crippen LogP contribution in [0.25, 0.3) is 0 Å². The van der Waals surface area contributed by atoms with E-state index in [1.165, 1.54) is 0 Å². The van der Waals surface area contributed by atoms with E-state index in [4.69, 9.17) is 15.2 Å². The first-order valence-corrected chi connectivity index (χ1v) is 4.43. The number of hydrogen-bond donors (Lipinski definition) is 2. The SMILES string of the molecule is CCC(NC1=CCOC=C1)OC(N)=O. The van der Waals surface area contributed by atoms with E-state index < -0.39 is 6.09 Å². The smallest absolute Gasteiger partial charge is 0.406 e. The molecule has 0 aromatic carbocycles. The number of ether oxygens (including phenoxy) is 2. The second-order valence-corrected chi connectivity index (χ2v) is 2.77. The minimum atomic E-state index is -0.777. The Bertz CT molecular complexity index is 261. The van der Waals surface area contributed by atoms with E-state index in [0.717, 1.165) is 5.70 Å². The van der Waals surface area contributed by atoms with E-state index in [9.17, 15) is 4.79 Å². The van der Waals surface area contributed by atoms with E-state index in [2.05, 4.69) is 5.32 Å². The Morgan fingerprint density at radius 1 is 1.86 bits per heavy atom. The average molecular weight is 198 g/mol. The van der Waals surface area contributed by atoms with Gasteiger partial charge in [0.25, 0.3) is 0 Å². The molecular formula is C9H14N2O3. The van der Waals surface area contributed by atoms with Gasteiger partial charge in [-0.15, -0.1) is 0 Å². The minimum Gasteiger partial charge on any atom is -0.497 e. The zero-order valence-electron chi connectivity index (χ0n) is 8.03. The van der Waals surface area contributed by atoms with E-state index in [1.54, 1.807) is 12.3 Å². The summed E-state index contributed by atoms with van der Waals surface area (Å²) in [6.45, 7) is 2.41. The molecule has 0 aromatic rings. The van der Waals surface area contributed by atoms with Crippen LogP contribution in [0.1, 0.15) is 13.3 Å². The van der Waals surface area contributed by atoms with Crippen molar-refractivity contribution in [3.05, 3.63) is 24.1 Å². The van der Waals surface area contributed by atoms with Gasteiger partial charge in [0, 0.05) is 12.1 Å². The standard InChI is InChI=1S/C9H14N2O3/c1-2-8(14-9(10)12)11-7-3-5-13-6-4-7/h3-5,8,11H,2,6H2,1H3,(H2,10,12). The lowest BCUT2D eigenvalue weighted by Crippen LogP contribution is -2.34. The van der Waals surface area contributed by atoms with Crippen LogP contribution in [-0.2, 0) is 9.47 Å². The molecule has 0 saturated heterocycles. The number of carbonyl (C=O) groups is 1. The van der Waals surface area contributed by atoms with Crippen LogP contribution in [-0.4, -0.2) is 18.9 Å². The molecule has 0 bridgehead atoms. The zero-order valence-corrected chi connectivity index (χ0v) is 8.03. The summed E-state index contributed by atoms with van der Waals surface area (Å²) in [7, 11) is 0. The number of primary amides is 1. The highest BCUT2D eigenvalue weighted by Crippen LogP contribution is 2.04. The first kappa shape index (κ1) is 10.4. The Morgan fingerprint density at radius 2 is 2.64 bits per heavy atom. The second kappa shape index (κ2) is 5.16. The molecule has 5 nitrogen and oxygen atoms in total. The Morgan fingerprint density at radius 3 is 3.14 bits per heavy atom. The predicted molar refractivity (Wildman–Crippen MR) is 51.1 cm³/mol. The van der Waals surface area contributed by atoms with Gasteiger partial charge in [0.05, 0.1) is 6.26 Å². The van der Waals surface area contributed by atoms with Gasteiger partial charge in [0.1, 0.15) is 6.61 Å². The monoisotopic (exact) mass is 198 g/mol. The quantitative estimate of drug-likeness (QED) is 0.656. The maximum atomic E-state index is 10.5. The molecular weight excluding hydrogens is 184 g/mol. The molecule has 78 valence electrons. The van der Waals surface area contributed by atoms with Gasteiger partial charge < -0.3 is 20.5 Å². The minimum absolute atomic E-state index is 0.388. The maximum Gasteiger partial charge on any atom is 0.406 e. The number of rotatable bonds is 4. The molecule has 0 saturated carbocycles. The highest BCUT2D eigenvalue weighted by atomic mass is 16.6. The number of nitrogens with two attached hydrogens (primary N) is 1. The van der Waals surface area contributed by atoms with Gasteiger partial charge in [0.15, 0.2) is 6.23 Å². The fourth-order valence-electron chi connectivity index (χ4n) is 1.03. The Kier molecular flexibility index (Phi) is 3.84. The van der Waals surface area contributed by atoms with Crippen molar-refractivity contribution in [1.82, 2.24) is 5.32 Å². The van der Waals surface area contributed by atoms with Crippen molar-refractivity contribution in [3.8, 4) is 0 Å². The fraction of sp³-hybridized carbons (Fsp3) is 0.444. The third-order valence-corrected chi connectivity index (χ3v) is 1.70. The van der Waals surface area contributed by atoms with Gasteiger partial charge in [-0.1, -0.05) is 6.92 Å². The molecule has 3 N–H and O–H groups in total. The molecule has 0 aromatic heterocycles. The van der Waals surface area contributed by atoms with Gasteiger partial charge in [-0.25, -0.2) is 4.79 Å². The Hall–Kier alpha value is -1.65. The van der Waals surface area contributed by atoms with Crippen molar-refractivity contribution in [2.45, 2.75) is 19.6 Å². The highest BCUT2D eigenvalue weighted by molar-refractivity contribution is 5.64. The van der Waals surface area contributed by atoms with Gasteiger partial charge in [-0.05, 0) is 12.2 Å². The van der Waals surface area contributed by atoms with Crippen LogP contribution in [0.3, 0.4) is 0 Å². The van der Waals surface area contributed by atoms with Crippen LogP contribution in [0.4, 0.5) is 4.79 Å². The summed E-state index contributed by atoms with van der Waals surface area (Å²) in [6.07, 6.45) is 4.68. The summed E-state index contributed by atoms with van der Waals surface area (Å²) in [5.74, 6) is 0. The van der Waals surface area contributed by atoms with Gasteiger partial charge in [-0.3, -0.25) is 0 Å². The van der Waals surface area contributed by atoms with Crippen molar-refractivity contribution in [1.29, 1.82) is 0 Å². The highest BCUT2D eigenvalue weighted by Gasteiger charge is 2.10. The number of amides is 1. The molecule has 1 aliphatic rings. The Labute approximate surface area is 82.6 Å². The third kappa shape index (κ3) is 3.38.